The highest BCUT2D eigenvalue weighted by atomic mass is 19.4. The predicted octanol–water partition coefficient (Wildman–Crippen LogP) is 1.90. The summed E-state index contributed by atoms with van der Waals surface area (Å²) in [6.07, 6.45) is -3.51. The molecule has 1 aliphatic heterocycles. The molecule has 2 rings (SSSR count). The summed E-state index contributed by atoms with van der Waals surface area (Å²) in [5, 5.41) is 2.79. The lowest BCUT2D eigenvalue weighted by Gasteiger charge is -2.03. The fraction of sp³-hybridized carbons (Fsp3) is 0.429. The van der Waals surface area contributed by atoms with Crippen LogP contribution in [0.2, 0.25) is 0 Å². The predicted molar refractivity (Wildman–Crippen MR) is 34.3 cm³/mol. The lowest BCUT2D eigenvalue weighted by Crippen LogP contribution is -2.08. The van der Waals surface area contributed by atoms with Gasteiger partial charge in [-0.05, 0) is 0 Å². The molecular formula is C7H6F3NO. The first-order valence-electron chi connectivity index (χ1n) is 3.46. The van der Waals surface area contributed by atoms with Crippen molar-refractivity contribution in [2.24, 2.45) is 0 Å². The molecule has 0 aliphatic carbocycles. The van der Waals surface area contributed by atoms with Crippen LogP contribution >= 0.6 is 0 Å². The van der Waals surface area contributed by atoms with Gasteiger partial charge in [0.15, 0.2) is 0 Å². The molecule has 1 aromatic heterocycles. The molecule has 5 heteroatoms. The molecule has 0 unspecified atom stereocenters. The van der Waals surface area contributed by atoms with Crippen molar-refractivity contribution in [3.8, 4) is 0 Å². The van der Waals surface area contributed by atoms with E-state index >= 15 is 0 Å². The molecule has 0 atom stereocenters. The maximum absolute atomic E-state index is 12.2. The molecule has 0 saturated heterocycles. The van der Waals surface area contributed by atoms with Gasteiger partial charge < -0.3 is 9.73 Å². The number of fused-ring (bicyclic) bond motifs is 1. The van der Waals surface area contributed by atoms with E-state index in [4.69, 9.17) is 4.42 Å². The molecule has 66 valence electrons. The first-order chi connectivity index (χ1) is 5.59. The van der Waals surface area contributed by atoms with Gasteiger partial charge in [-0.25, -0.2) is 0 Å². The number of rotatable bonds is 0. The van der Waals surface area contributed by atoms with Crippen molar-refractivity contribution in [1.82, 2.24) is 5.32 Å². The zero-order valence-electron chi connectivity index (χ0n) is 6.03. The quantitative estimate of drug-likeness (QED) is 0.654. The van der Waals surface area contributed by atoms with E-state index in [9.17, 15) is 13.2 Å². The van der Waals surface area contributed by atoms with E-state index in [1.807, 2.05) is 0 Å². The molecule has 0 saturated carbocycles. The average Bonchev–Trinajstić information content (AvgIpc) is 2.37. The van der Waals surface area contributed by atoms with Crippen LogP contribution in [0.5, 0.6) is 0 Å². The molecule has 1 aromatic rings. The molecule has 0 fully saturated rings. The Morgan fingerprint density at radius 3 is 2.75 bits per heavy atom. The normalized spacial score (nSPS) is 16.6. The molecule has 12 heavy (non-hydrogen) atoms. The van der Waals surface area contributed by atoms with E-state index in [2.05, 4.69) is 5.32 Å². The standard InChI is InChI=1S/C7H6F3NO/c8-7(9,10)5-3-12-6-2-11-1-4(5)6/h3,11H,1-2H2. The topological polar surface area (TPSA) is 25.2 Å². The smallest absolute Gasteiger partial charge is 0.419 e. The van der Waals surface area contributed by atoms with Crippen molar-refractivity contribution in [1.29, 1.82) is 0 Å². The maximum Gasteiger partial charge on any atom is 0.419 e. The molecule has 0 radical (unpaired) electrons. The summed E-state index contributed by atoms with van der Waals surface area (Å²) in [7, 11) is 0. The summed E-state index contributed by atoms with van der Waals surface area (Å²) in [5.41, 5.74) is -0.398. The second-order valence-electron chi connectivity index (χ2n) is 2.65. The Morgan fingerprint density at radius 1 is 1.33 bits per heavy atom. The van der Waals surface area contributed by atoms with Crippen molar-refractivity contribution < 1.29 is 17.6 Å². The minimum atomic E-state index is -4.29. The summed E-state index contributed by atoms with van der Waals surface area (Å²) < 4.78 is 41.3. The van der Waals surface area contributed by atoms with Crippen LogP contribution in [0.1, 0.15) is 16.9 Å². The van der Waals surface area contributed by atoms with Gasteiger partial charge in [-0.2, -0.15) is 13.2 Å². The molecule has 0 aromatic carbocycles. The van der Waals surface area contributed by atoms with Gasteiger partial charge in [0, 0.05) is 12.1 Å². The number of nitrogens with one attached hydrogen (secondary N) is 1. The van der Waals surface area contributed by atoms with Gasteiger partial charge in [0.05, 0.1) is 12.1 Å². The minimum absolute atomic E-state index is 0.251. The van der Waals surface area contributed by atoms with Crippen molar-refractivity contribution in [2.75, 3.05) is 0 Å². The van der Waals surface area contributed by atoms with Crippen LogP contribution in [0.25, 0.3) is 0 Å². The summed E-state index contributed by atoms with van der Waals surface area (Å²) in [6.45, 7) is 0.645. The van der Waals surface area contributed by atoms with Gasteiger partial charge in [0.2, 0.25) is 0 Å². The Labute approximate surface area is 66.4 Å². The fourth-order valence-electron chi connectivity index (χ4n) is 1.30. The molecule has 2 heterocycles. The number of alkyl halides is 3. The average molecular weight is 177 g/mol. The Balaban J connectivity index is 2.46. The van der Waals surface area contributed by atoms with Gasteiger partial charge in [0.1, 0.15) is 12.0 Å². The summed E-state index contributed by atoms with van der Waals surface area (Å²) in [6, 6.07) is 0. The molecular weight excluding hydrogens is 171 g/mol. The van der Waals surface area contributed by atoms with Gasteiger partial charge in [-0.15, -0.1) is 0 Å². The molecule has 1 N–H and O–H groups in total. The van der Waals surface area contributed by atoms with E-state index in [-0.39, 0.29) is 12.1 Å². The first kappa shape index (κ1) is 7.67. The van der Waals surface area contributed by atoms with Crippen LogP contribution in [-0.4, -0.2) is 0 Å². The van der Waals surface area contributed by atoms with E-state index in [1.54, 1.807) is 0 Å². The van der Waals surface area contributed by atoms with E-state index in [0.29, 0.717) is 12.3 Å². The van der Waals surface area contributed by atoms with Crippen molar-refractivity contribution in [3.05, 3.63) is 23.2 Å². The Bertz CT molecular complexity index is 302. The van der Waals surface area contributed by atoms with Crippen molar-refractivity contribution >= 4 is 0 Å². The third-order valence-electron chi connectivity index (χ3n) is 1.87. The second-order valence-corrected chi connectivity index (χ2v) is 2.65. The molecule has 2 nitrogen and oxygen atoms in total. The minimum Gasteiger partial charge on any atom is -0.467 e. The Kier molecular flexibility index (Phi) is 1.44. The fourth-order valence-corrected chi connectivity index (χ4v) is 1.30. The van der Waals surface area contributed by atoms with Gasteiger partial charge in [0.25, 0.3) is 0 Å². The lowest BCUT2D eigenvalue weighted by molar-refractivity contribution is -0.138. The molecule has 0 bridgehead atoms. The van der Waals surface area contributed by atoms with Gasteiger partial charge in [-0.1, -0.05) is 0 Å². The highest BCUT2D eigenvalue weighted by molar-refractivity contribution is 5.32. The zero-order valence-corrected chi connectivity index (χ0v) is 6.03. The Morgan fingerprint density at radius 2 is 2.08 bits per heavy atom. The second kappa shape index (κ2) is 2.26. The largest absolute Gasteiger partial charge is 0.467 e. The van der Waals surface area contributed by atoms with Gasteiger partial charge in [-0.3, -0.25) is 0 Å². The number of hydrogen-bond donors (Lipinski definition) is 1. The maximum atomic E-state index is 12.2. The highest BCUT2D eigenvalue weighted by Crippen LogP contribution is 2.36. The third kappa shape index (κ3) is 1.01. The summed E-state index contributed by atoms with van der Waals surface area (Å²) >= 11 is 0. The van der Waals surface area contributed by atoms with Crippen LogP contribution < -0.4 is 5.32 Å². The molecule has 0 spiro atoms. The van der Waals surface area contributed by atoms with Crippen LogP contribution in [0.15, 0.2) is 10.7 Å². The van der Waals surface area contributed by atoms with E-state index in [0.717, 1.165) is 6.26 Å². The first-order valence-corrected chi connectivity index (χ1v) is 3.46. The zero-order chi connectivity index (χ0) is 8.77. The third-order valence-corrected chi connectivity index (χ3v) is 1.87. The Hall–Kier alpha value is -0.970. The van der Waals surface area contributed by atoms with Crippen LogP contribution in [0, 0.1) is 0 Å². The van der Waals surface area contributed by atoms with E-state index < -0.39 is 11.7 Å². The SMILES string of the molecule is FC(F)(F)c1coc2c1CNC2. The summed E-state index contributed by atoms with van der Waals surface area (Å²) in [5.74, 6) is 0.405. The monoisotopic (exact) mass is 177 g/mol. The van der Waals surface area contributed by atoms with Crippen molar-refractivity contribution in [3.63, 3.8) is 0 Å². The number of halogens is 3. The summed E-state index contributed by atoms with van der Waals surface area (Å²) in [4.78, 5) is 0. The van der Waals surface area contributed by atoms with Crippen molar-refractivity contribution in [2.45, 2.75) is 19.3 Å². The van der Waals surface area contributed by atoms with Crippen LogP contribution in [-0.2, 0) is 19.3 Å². The van der Waals surface area contributed by atoms with Crippen LogP contribution in [0.3, 0.4) is 0 Å². The van der Waals surface area contributed by atoms with Crippen LogP contribution in [0.4, 0.5) is 13.2 Å². The highest BCUT2D eigenvalue weighted by Gasteiger charge is 2.37. The number of hydrogen-bond acceptors (Lipinski definition) is 2. The van der Waals surface area contributed by atoms with Gasteiger partial charge >= 0.3 is 6.18 Å². The lowest BCUT2D eigenvalue weighted by atomic mass is 10.2. The number of furan rings is 1. The van der Waals surface area contributed by atoms with E-state index in [1.165, 1.54) is 0 Å². The molecule has 1 aliphatic rings. The molecule has 0 amide bonds.